The van der Waals surface area contributed by atoms with E-state index in [0.717, 1.165) is 11.1 Å². The van der Waals surface area contributed by atoms with Crippen LogP contribution in [0.5, 0.6) is 0 Å². The lowest BCUT2D eigenvalue weighted by Crippen LogP contribution is -2.15. The molecule has 5 nitrogen and oxygen atoms in total. The fourth-order valence-electron chi connectivity index (χ4n) is 2.24. The highest BCUT2D eigenvalue weighted by molar-refractivity contribution is 7.92. The number of carbonyl (C=O) groups excluding carboxylic acids is 1. The van der Waals surface area contributed by atoms with Gasteiger partial charge in [0.05, 0.1) is 11.3 Å². The molecule has 0 heterocycles. The highest BCUT2D eigenvalue weighted by Crippen LogP contribution is 2.24. The van der Waals surface area contributed by atoms with Crippen molar-refractivity contribution in [3.05, 3.63) is 59.7 Å². The second-order valence-corrected chi connectivity index (χ2v) is 8.40. The average Bonchev–Trinajstić information content (AvgIpc) is 2.48. The summed E-state index contributed by atoms with van der Waals surface area (Å²) >= 11 is 0. The summed E-state index contributed by atoms with van der Waals surface area (Å²) in [4.78, 5) is 11.1. The van der Waals surface area contributed by atoms with E-state index in [1.165, 1.54) is 0 Å². The van der Waals surface area contributed by atoms with Crippen molar-refractivity contribution in [1.29, 1.82) is 0 Å². The summed E-state index contributed by atoms with van der Waals surface area (Å²) in [7, 11) is -3.65. The summed E-state index contributed by atoms with van der Waals surface area (Å²) < 4.78 is 27.4. The normalized spacial score (nSPS) is 12.0. The Hall–Kier alpha value is -2.34. The number of hydrogen-bond acceptors (Lipinski definition) is 3. The smallest absolute Gasteiger partial charge is 0.261 e. The van der Waals surface area contributed by atoms with Crippen LogP contribution in [0.4, 0.5) is 5.69 Å². The monoisotopic (exact) mass is 352 g/mol. The highest BCUT2D eigenvalue weighted by Gasteiger charge is 2.17. The van der Waals surface area contributed by atoms with E-state index >= 15 is 0 Å². The molecular weight excluding hydrogens is 324 g/mol. The van der Waals surface area contributed by atoms with Crippen molar-refractivity contribution < 1.29 is 17.5 Å². The number of amides is 1. The standard InChI is InChI=1S/C18H22N2O3S.3H2/c1-18(2,3)14-6-10-16(11-7-14)24(22,23)20-15-8-4-13(5-9-15)12-17(19)21;;;/h4-11,20H,12H2,1-3H3,(H2,19,21);3*1H. The first-order chi connectivity index (χ1) is 11.1. The predicted molar refractivity (Wildman–Crippen MR) is 102 cm³/mol. The first-order valence-corrected chi connectivity index (χ1v) is 9.07. The van der Waals surface area contributed by atoms with E-state index in [1.807, 2.05) is 12.1 Å². The van der Waals surface area contributed by atoms with E-state index in [2.05, 4.69) is 25.5 Å². The zero-order chi connectivity index (χ0) is 18.0. The molecule has 0 atom stereocenters. The Morgan fingerprint density at radius 1 is 1.04 bits per heavy atom. The van der Waals surface area contributed by atoms with Gasteiger partial charge in [0.15, 0.2) is 0 Å². The molecule has 2 aromatic rings. The molecule has 0 bridgehead atoms. The van der Waals surface area contributed by atoms with Gasteiger partial charge in [0, 0.05) is 9.97 Å². The van der Waals surface area contributed by atoms with Crippen molar-refractivity contribution in [2.24, 2.45) is 5.73 Å². The molecule has 0 saturated heterocycles. The molecule has 3 N–H and O–H groups in total. The SMILES string of the molecule is CC(C)(C)c1ccc(S(=O)(=O)Nc2ccc(CC(N)=O)cc2)cc1.[HH].[HH].[HH]. The lowest BCUT2D eigenvalue weighted by atomic mass is 9.87. The number of benzene rings is 2. The number of nitrogens with one attached hydrogen (secondary N) is 1. The van der Waals surface area contributed by atoms with Crippen molar-refractivity contribution in [2.75, 3.05) is 4.72 Å². The van der Waals surface area contributed by atoms with Crippen molar-refractivity contribution >= 4 is 21.6 Å². The van der Waals surface area contributed by atoms with E-state index in [4.69, 9.17) is 5.73 Å². The predicted octanol–water partition coefficient (Wildman–Crippen LogP) is 3.55. The Labute approximate surface area is 147 Å². The molecule has 24 heavy (non-hydrogen) atoms. The fourth-order valence-corrected chi connectivity index (χ4v) is 3.30. The third kappa shape index (κ3) is 4.58. The highest BCUT2D eigenvalue weighted by atomic mass is 32.2. The fraction of sp³-hybridized carbons (Fsp3) is 0.278. The van der Waals surface area contributed by atoms with Crippen molar-refractivity contribution in [2.45, 2.75) is 37.5 Å². The Bertz CT molecular complexity index is 832. The molecule has 1 amide bonds. The van der Waals surface area contributed by atoms with E-state index in [-0.39, 0.29) is 21.0 Å². The number of anilines is 1. The largest absolute Gasteiger partial charge is 0.369 e. The van der Waals surface area contributed by atoms with Gasteiger partial charge >= 0.3 is 0 Å². The van der Waals surface area contributed by atoms with Crippen LogP contribution >= 0.6 is 0 Å². The van der Waals surface area contributed by atoms with Crippen LogP contribution in [0.15, 0.2) is 53.4 Å². The first kappa shape index (κ1) is 18.0. The van der Waals surface area contributed by atoms with Crippen LogP contribution < -0.4 is 10.5 Å². The molecule has 2 rings (SSSR count). The molecule has 0 radical (unpaired) electrons. The van der Waals surface area contributed by atoms with Gasteiger partial charge in [-0.05, 0) is 40.8 Å². The molecule has 6 heteroatoms. The summed E-state index contributed by atoms with van der Waals surface area (Å²) in [6.07, 6.45) is 0.126. The van der Waals surface area contributed by atoms with Crippen LogP contribution in [0, 0.1) is 0 Å². The third-order valence-corrected chi connectivity index (χ3v) is 5.01. The molecule has 0 aliphatic rings. The molecule has 0 saturated carbocycles. The number of carbonyl (C=O) groups is 1. The zero-order valence-corrected chi connectivity index (χ0v) is 14.9. The molecule has 0 fully saturated rings. The molecule has 134 valence electrons. The molecule has 0 aliphatic heterocycles. The number of primary amides is 1. The van der Waals surface area contributed by atoms with E-state index in [0.29, 0.717) is 5.69 Å². The molecule has 0 aromatic heterocycles. The number of hydrogen-bond donors (Lipinski definition) is 2. The maximum absolute atomic E-state index is 12.4. The van der Waals surface area contributed by atoms with Crippen molar-refractivity contribution in [3.63, 3.8) is 0 Å². The molecule has 0 spiro atoms. The third-order valence-electron chi connectivity index (χ3n) is 3.62. The number of rotatable bonds is 5. The topological polar surface area (TPSA) is 89.3 Å². The van der Waals surface area contributed by atoms with Gasteiger partial charge in [0.1, 0.15) is 0 Å². The second-order valence-electron chi connectivity index (χ2n) is 6.72. The Kier molecular flexibility index (Phi) is 4.99. The van der Waals surface area contributed by atoms with Crippen LogP contribution in [0.2, 0.25) is 0 Å². The summed E-state index contributed by atoms with van der Waals surface area (Å²) in [6.45, 7) is 6.22. The van der Waals surface area contributed by atoms with Crippen LogP contribution in [-0.2, 0) is 26.7 Å². The van der Waals surface area contributed by atoms with E-state index in [9.17, 15) is 13.2 Å². The zero-order valence-electron chi connectivity index (χ0n) is 14.0. The maximum atomic E-state index is 12.4. The lowest BCUT2D eigenvalue weighted by Gasteiger charge is -2.19. The van der Waals surface area contributed by atoms with E-state index in [1.54, 1.807) is 36.4 Å². The lowest BCUT2D eigenvalue weighted by molar-refractivity contribution is -0.117. The van der Waals surface area contributed by atoms with Gasteiger partial charge in [-0.1, -0.05) is 45.0 Å². The molecular formula is C18H28N2O3S. The summed E-state index contributed by atoms with van der Waals surface area (Å²) in [5, 5.41) is 0. The Morgan fingerprint density at radius 3 is 2.04 bits per heavy atom. The summed E-state index contributed by atoms with van der Waals surface area (Å²) in [6, 6.07) is 13.4. The summed E-state index contributed by atoms with van der Waals surface area (Å²) in [5.74, 6) is -0.428. The quantitative estimate of drug-likeness (QED) is 0.862. The minimum Gasteiger partial charge on any atom is -0.369 e. The van der Waals surface area contributed by atoms with Crippen LogP contribution in [-0.4, -0.2) is 14.3 Å². The van der Waals surface area contributed by atoms with Gasteiger partial charge < -0.3 is 5.73 Å². The van der Waals surface area contributed by atoms with Crippen molar-refractivity contribution in [3.8, 4) is 0 Å². The summed E-state index contributed by atoms with van der Waals surface area (Å²) in [5.41, 5.74) is 7.33. The van der Waals surface area contributed by atoms with Gasteiger partial charge in [-0.25, -0.2) is 8.42 Å². The van der Waals surface area contributed by atoms with Crippen LogP contribution in [0.25, 0.3) is 0 Å². The van der Waals surface area contributed by atoms with Gasteiger partial charge in [-0.15, -0.1) is 0 Å². The van der Waals surface area contributed by atoms with Crippen LogP contribution in [0.1, 0.15) is 36.2 Å². The molecule has 0 unspecified atom stereocenters. The Balaban J connectivity index is 0. The first-order valence-electron chi connectivity index (χ1n) is 7.58. The second kappa shape index (κ2) is 6.65. The number of nitrogens with two attached hydrogens (primary N) is 1. The van der Waals surface area contributed by atoms with Crippen LogP contribution in [0.3, 0.4) is 0 Å². The minimum atomic E-state index is -3.65. The minimum absolute atomic E-state index is 0. The van der Waals surface area contributed by atoms with Gasteiger partial charge in [-0.3, -0.25) is 9.52 Å². The van der Waals surface area contributed by atoms with Gasteiger partial charge in [-0.2, -0.15) is 0 Å². The molecule has 0 aliphatic carbocycles. The number of sulfonamides is 1. The van der Waals surface area contributed by atoms with Gasteiger partial charge in [0.2, 0.25) is 5.91 Å². The average molecular weight is 352 g/mol. The molecule has 2 aromatic carbocycles. The van der Waals surface area contributed by atoms with Gasteiger partial charge in [0.25, 0.3) is 10.0 Å². The maximum Gasteiger partial charge on any atom is 0.261 e. The van der Waals surface area contributed by atoms with Crippen molar-refractivity contribution in [1.82, 2.24) is 0 Å². The Morgan fingerprint density at radius 2 is 1.58 bits per heavy atom. The van der Waals surface area contributed by atoms with E-state index < -0.39 is 15.9 Å².